The van der Waals surface area contributed by atoms with Crippen LogP contribution in [-0.2, 0) is 13.6 Å². The molecule has 7 nitrogen and oxygen atoms in total. The molecule has 2 aliphatic heterocycles. The maximum Gasteiger partial charge on any atom is 0.194 e. The van der Waals surface area contributed by atoms with Crippen molar-refractivity contribution in [2.24, 2.45) is 18.0 Å². The molecule has 0 aliphatic carbocycles. The Bertz CT molecular complexity index is 551. The summed E-state index contributed by atoms with van der Waals surface area (Å²) in [7, 11) is 3.86. The second kappa shape index (κ2) is 8.98. The summed E-state index contributed by atoms with van der Waals surface area (Å²) in [5, 5.41) is 11.7. The van der Waals surface area contributed by atoms with E-state index in [1.807, 2.05) is 25.6 Å². The van der Waals surface area contributed by atoms with E-state index >= 15 is 0 Å². The van der Waals surface area contributed by atoms with Crippen molar-refractivity contribution in [3.05, 3.63) is 11.6 Å². The molecule has 2 aliphatic rings. The van der Waals surface area contributed by atoms with Gasteiger partial charge in [-0.3, -0.25) is 4.99 Å². The average Bonchev–Trinajstić information content (AvgIpc) is 3.27. The Balaban J connectivity index is 0.00000208. The molecule has 136 valence electrons. The fourth-order valence-electron chi connectivity index (χ4n) is 3.60. The maximum absolute atomic E-state index is 4.45. The van der Waals surface area contributed by atoms with Crippen molar-refractivity contribution in [2.75, 3.05) is 39.8 Å². The highest BCUT2D eigenvalue weighted by Gasteiger charge is 2.27. The second-order valence-corrected chi connectivity index (χ2v) is 6.73. The molecule has 0 amide bonds. The van der Waals surface area contributed by atoms with Crippen LogP contribution in [0.5, 0.6) is 0 Å². The van der Waals surface area contributed by atoms with Crippen molar-refractivity contribution in [3.8, 4) is 0 Å². The Morgan fingerprint density at radius 1 is 1.25 bits per heavy atom. The summed E-state index contributed by atoms with van der Waals surface area (Å²) < 4.78 is 2.01. The van der Waals surface area contributed by atoms with Crippen LogP contribution in [0.2, 0.25) is 0 Å². The zero-order valence-corrected chi connectivity index (χ0v) is 17.4. The molecule has 0 radical (unpaired) electrons. The summed E-state index contributed by atoms with van der Waals surface area (Å²) in [5.41, 5.74) is 0. The van der Waals surface area contributed by atoms with Crippen molar-refractivity contribution in [2.45, 2.75) is 32.7 Å². The first-order valence-corrected chi connectivity index (χ1v) is 8.70. The van der Waals surface area contributed by atoms with Crippen molar-refractivity contribution in [3.63, 3.8) is 0 Å². The minimum absolute atomic E-state index is 0. The van der Waals surface area contributed by atoms with E-state index in [4.69, 9.17) is 0 Å². The van der Waals surface area contributed by atoms with Gasteiger partial charge in [0, 0.05) is 33.7 Å². The number of aryl methyl sites for hydroxylation is 1. The summed E-state index contributed by atoms with van der Waals surface area (Å²) in [6.07, 6.45) is 4.01. The van der Waals surface area contributed by atoms with Gasteiger partial charge >= 0.3 is 0 Å². The molecule has 1 aromatic heterocycles. The fraction of sp³-hybridized carbons (Fsp3) is 0.812. The summed E-state index contributed by atoms with van der Waals surface area (Å²) >= 11 is 0. The van der Waals surface area contributed by atoms with Gasteiger partial charge in [0.15, 0.2) is 11.8 Å². The lowest BCUT2D eigenvalue weighted by atomic mass is 10.1. The van der Waals surface area contributed by atoms with Crippen LogP contribution in [0.25, 0.3) is 0 Å². The van der Waals surface area contributed by atoms with Gasteiger partial charge in [0.1, 0.15) is 5.82 Å². The lowest BCUT2D eigenvalue weighted by molar-refractivity contribution is 0.281. The van der Waals surface area contributed by atoms with E-state index < -0.39 is 0 Å². The van der Waals surface area contributed by atoms with E-state index in [0.29, 0.717) is 6.54 Å². The molecule has 2 fully saturated rings. The van der Waals surface area contributed by atoms with E-state index in [1.54, 1.807) is 0 Å². The molecule has 3 heterocycles. The molecule has 1 aromatic rings. The van der Waals surface area contributed by atoms with Crippen LogP contribution in [0.4, 0.5) is 0 Å². The highest BCUT2D eigenvalue weighted by molar-refractivity contribution is 14.0. The Morgan fingerprint density at radius 2 is 2.00 bits per heavy atom. The molecule has 0 bridgehead atoms. The molecule has 1 N–H and O–H groups in total. The number of nitrogens with zero attached hydrogens (tertiary/aromatic N) is 6. The lowest BCUT2D eigenvalue weighted by Crippen LogP contribution is -2.40. The number of aliphatic imine (C=N–C) groups is 1. The molecule has 1 unspecified atom stereocenters. The van der Waals surface area contributed by atoms with Gasteiger partial charge in [0.25, 0.3) is 0 Å². The summed E-state index contributed by atoms with van der Waals surface area (Å²) in [6.45, 7) is 8.65. The van der Waals surface area contributed by atoms with E-state index in [9.17, 15) is 0 Å². The zero-order chi connectivity index (χ0) is 16.2. The quantitative estimate of drug-likeness (QED) is 0.428. The van der Waals surface area contributed by atoms with E-state index in [2.05, 4.69) is 30.3 Å². The Hall–Kier alpha value is -0.900. The van der Waals surface area contributed by atoms with Crippen molar-refractivity contribution in [1.29, 1.82) is 0 Å². The maximum atomic E-state index is 4.45. The first-order valence-electron chi connectivity index (χ1n) is 8.70. The molecule has 0 saturated carbocycles. The smallest absolute Gasteiger partial charge is 0.194 e. The summed E-state index contributed by atoms with van der Waals surface area (Å²) in [6, 6.07) is 0. The third kappa shape index (κ3) is 4.59. The number of rotatable bonds is 4. The average molecular weight is 447 g/mol. The number of likely N-dealkylation sites (tertiary alicyclic amines) is 2. The SMILES string of the molecule is CN=C(NCc1nnc(C)n1C)N1CCC(CN2CCCC2)C1.I. The Morgan fingerprint density at radius 3 is 2.62 bits per heavy atom. The van der Waals surface area contributed by atoms with Gasteiger partial charge in [-0.25, -0.2) is 0 Å². The van der Waals surface area contributed by atoms with Gasteiger partial charge in [-0.1, -0.05) is 0 Å². The lowest BCUT2D eigenvalue weighted by Gasteiger charge is -2.23. The van der Waals surface area contributed by atoms with Crippen LogP contribution in [0.3, 0.4) is 0 Å². The number of aromatic nitrogens is 3. The molecule has 0 spiro atoms. The molecular formula is C16H30IN7. The predicted octanol–water partition coefficient (Wildman–Crippen LogP) is 1.23. The van der Waals surface area contributed by atoms with Crippen LogP contribution < -0.4 is 5.32 Å². The van der Waals surface area contributed by atoms with Gasteiger partial charge in [0.05, 0.1) is 6.54 Å². The highest BCUT2D eigenvalue weighted by atomic mass is 127. The van der Waals surface area contributed by atoms with Crippen LogP contribution in [-0.4, -0.2) is 70.3 Å². The molecule has 0 aromatic carbocycles. The third-order valence-electron chi connectivity index (χ3n) is 5.10. The van der Waals surface area contributed by atoms with Crippen molar-refractivity contribution in [1.82, 2.24) is 29.9 Å². The van der Waals surface area contributed by atoms with Gasteiger partial charge in [0.2, 0.25) is 0 Å². The Labute approximate surface area is 161 Å². The molecule has 24 heavy (non-hydrogen) atoms. The number of guanidine groups is 1. The van der Waals surface area contributed by atoms with Gasteiger partial charge in [-0.2, -0.15) is 0 Å². The number of halogens is 1. The van der Waals surface area contributed by atoms with Crippen molar-refractivity contribution >= 4 is 29.9 Å². The number of hydrogen-bond donors (Lipinski definition) is 1. The van der Waals surface area contributed by atoms with Crippen LogP contribution in [0, 0.1) is 12.8 Å². The fourth-order valence-corrected chi connectivity index (χ4v) is 3.60. The largest absolute Gasteiger partial charge is 0.349 e. The predicted molar refractivity (Wildman–Crippen MR) is 107 cm³/mol. The topological polar surface area (TPSA) is 61.6 Å². The van der Waals surface area contributed by atoms with Gasteiger partial charge in [-0.05, 0) is 45.2 Å². The first-order chi connectivity index (χ1) is 11.2. The van der Waals surface area contributed by atoms with Crippen LogP contribution >= 0.6 is 24.0 Å². The molecule has 2 saturated heterocycles. The van der Waals surface area contributed by atoms with E-state index in [1.165, 1.54) is 38.9 Å². The standard InChI is InChI=1S/C16H29N7.HI/c1-13-19-20-15(21(13)3)10-18-16(17-2)23-9-6-14(12-23)11-22-7-4-5-8-22;/h14H,4-12H2,1-3H3,(H,17,18);1H. The molecule has 1 atom stereocenters. The second-order valence-electron chi connectivity index (χ2n) is 6.73. The summed E-state index contributed by atoms with van der Waals surface area (Å²) in [4.78, 5) is 9.44. The summed E-state index contributed by atoms with van der Waals surface area (Å²) in [5.74, 6) is 3.62. The number of nitrogens with one attached hydrogen (secondary N) is 1. The highest BCUT2D eigenvalue weighted by Crippen LogP contribution is 2.20. The Kier molecular flexibility index (Phi) is 7.27. The van der Waals surface area contributed by atoms with E-state index in [-0.39, 0.29) is 24.0 Å². The van der Waals surface area contributed by atoms with Crippen LogP contribution in [0.1, 0.15) is 30.9 Å². The minimum atomic E-state index is 0. The third-order valence-corrected chi connectivity index (χ3v) is 5.10. The molecule has 8 heteroatoms. The minimum Gasteiger partial charge on any atom is -0.349 e. The first kappa shape index (κ1) is 19.4. The van der Waals surface area contributed by atoms with Gasteiger partial charge < -0.3 is 19.7 Å². The normalized spacial score (nSPS) is 22.0. The molecular weight excluding hydrogens is 417 g/mol. The van der Waals surface area contributed by atoms with E-state index in [0.717, 1.165) is 36.6 Å². The van der Waals surface area contributed by atoms with Crippen molar-refractivity contribution < 1.29 is 0 Å². The zero-order valence-electron chi connectivity index (χ0n) is 15.0. The molecule has 3 rings (SSSR count). The van der Waals surface area contributed by atoms with Crippen LogP contribution in [0.15, 0.2) is 4.99 Å². The number of hydrogen-bond acceptors (Lipinski definition) is 4. The monoisotopic (exact) mass is 447 g/mol. The van der Waals surface area contributed by atoms with Gasteiger partial charge in [-0.15, -0.1) is 34.2 Å².